The Kier molecular flexibility index (Phi) is 7.27. The van der Waals surface area contributed by atoms with Crippen molar-refractivity contribution in [3.05, 3.63) is 106 Å². The summed E-state index contributed by atoms with van der Waals surface area (Å²) in [6.45, 7) is 2.35. The number of methoxy groups -OCH3 is 1. The van der Waals surface area contributed by atoms with Gasteiger partial charge in [0.2, 0.25) is 0 Å². The van der Waals surface area contributed by atoms with Crippen LogP contribution >= 0.6 is 0 Å². The number of ketones is 1. The van der Waals surface area contributed by atoms with Crippen LogP contribution in [0.2, 0.25) is 0 Å². The lowest BCUT2D eigenvalue weighted by Gasteiger charge is -2.25. The first-order chi connectivity index (χ1) is 16.9. The maximum absolute atomic E-state index is 14.2. The molecule has 1 fully saturated rings. The minimum Gasteiger partial charge on any atom is -0.507 e. The molecule has 0 aliphatic carbocycles. The molecule has 6 nitrogen and oxygen atoms in total. The van der Waals surface area contributed by atoms with Crippen molar-refractivity contribution in [2.75, 3.05) is 20.3 Å². The van der Waals surface area contributed by atoms with E-state index in [1.165, 1.54) is 24.1 Å². The molecule has 0 saturated carbocycles. The fourth-order valence-corrected chi connectivity index (χ4v) is 4.03. The van der Waals surface area contributed by atoms with E-state index in [9.17, 15) is 19.1 Å². The number of ether oxygens (including phenoxy) is 2. The van der Waals surface area contributed by atoms with Crippen LogP contribution in [0.1, 0.15) is 28.3 Å². The highest BCUT2D eigenvalue weighted by molar-refractivity contribution is 6.46. The Morgan fingerprint density at radius 2 is 1.74 bits per heavy atom. The topological polar surface area (TPSA) is 76.1 Å². The predicted molar refractivity (Wildman–Crippen MR) is 129 cm³/mol. The predicted octanol–water partition coefficient (Wildman–Crippen LogP) is 4.78. The molecule has 0 radical (unpaired) electrons. The smallest absolute Gasteiger partial charge is 0.295 e. The summed E-state index contributed by atoms with van der Waals surface area (Å²) in [5.41, 5.74) is 2.08. The molecule has 1 atom stereocenters. The van der Waals surface area contributed by atoms with Crippen molar-refractivity contribution < 1.29 is 28.6 Å². The summed E-state index contributed by atoms with van der Waals surface area (Å²) in [6.07, 6.45) is 0. The quantitative estimate of drug-likeness (QED) is 0.288. The van der Waals surface area contributed by atoms with Crippen LogP contribution in [-0.4, -0.2) is 42.0 Å². The van der Waals surface area contributed by atoms with Gasteiger partial charge in [0, 0.05) is 19.2 Å². The van der Waals surface area contributed by atoms with Crippen molar-refractivity contribution in [3.63, 3.8) is 0 Å². The van der Waals surface area contributed by atoms with E-state index in [1.54, 1.807) is 31.2 Å². The standard InChI is InChI=1S/C28H26FNO5/c1-18-8-9-21(16-23(18)29)26(31)24-25(30(14-15-34-2)28(33)27(24)32)20-10-12-22(13-11-20)35-17-19-6-4-3-5-7-19/h3-13,16,25,31H,14-15,17H2,1-2H3. The highest BCUT2D eigenvalue weighted by Crippen LogP contribution is 2.39. The van der Waals surface area contributed by atoms with Crippen LogP contribution in [-0.2, 0) is 20.9 Å². The first-order valence-corrected chi connectivity index (χ1v) is 11.2. The molecular formula is C28H26FNO5. The third-order valence-corrected chi connectivity index (χ3v) is 5.97. The van der Waals surface area contributed by atoms with Gasteiger partial charge in [0.15, 0.2) is 0 Å². The number of aliphatic hydroxyl groups is 1. The number of benzene rings is 3. The molecule has 3 aromatic rings. The Bertz CT molecular complexity index is 1250. The summed E-state index contributed by atoms with van der Waals surface area (Å²) in [7, 11) is 1.50. The Labute approximate surface area is 203 Å². The molecule has 3 aromatic carbocycles. The summed E-state index contributed by atoms with van der Waals surface area (Å²) < 4.78 is 25.1. The van der Waals surface area contributed by atoms with E-state index in [2.05, 4.69) is 0 Å². The maximum atomic E-state index is 14.2. The summed E-state index contributed by atoms with van der Waals surface area (Å²) in [5.74, 6) is -1.89. The third-order valence-electron chi connectivity index (χ3n) is 5.97. The van der Waals surface area contributed by atoms with Crippen LogP contribution in [0.5, 0.6) is 5.75 Å². The highest BCUT2D eigenvalue weighted by Gasteiger charge is 2.45. The van der Waals surface area contributed by atoms with E-state index >= 15 is 0 Å². The van der Waals surface area contributed by atoms with Gasteiger partial charge < -0.3 is 19.5 Å². The Morgan fingerprint density at radius 3 is 2.40 bits per heavy atom. The Hall–Kier alpha value is -3.97. The normalized spacial score (nSPS) is 17.1. The zero-order valence-corrected chi connectivity index (χ0v) is 19.5. The van der Waals surface area contributed by atoms with Gasteiger partial charge in [-0.1, -0.05) is 54.6 Å². The fraction of sp³-hybridized carbons (Fsp3) is 0.214. The number of aliphatic hydroxyl groups excluding tert-OH is 1. The second-order valence-electron chi connectivity index (χ2n) is 8.29. The van der Waals surface area contributed by atoms with E-state index < -0.39 is 29.3 Å². The Balaban J connectivity index is 1.69. The molecule has 7 heteroatoms. The number of halogens is 1. The molecule has 1 heterocycles. The fourth-order valence-electron chi connectivity index (χ4n) is 4.03. The monoisotopic (exact) mass is 475 g/mol. The number of carbonyl (C=O) groups is 2. The number of carbonyl (C=O) groups excluding carboxylic acids is 2. The van der Waals surface area contributed by atoms with Gasteiger partial charge in [0.25, 0.3) is 11.7 Å². The van der Waals surface area contributed by atoms with Crippen LogP contribution in [0.3, 0.4) is 0 Å². The van der Waals surface area contributed by atoms with E-state index in [1.807, 2.05) is 30.3 Å². The summed E-state index contributed by atoms with van der Waals surface area (Å²) in [6, 6.07) is 20.1. The number of amides is 1. The van der Waals surface area contributed by atoms with Crippen LogP contribution in [0.4, 0.5) is 4.39 Å². The lowest BCUT2D eigenvalue weighted by molar-refractivity contribution is -0.140. The Morgan fingerprint density at radius 1 is 1.03 bits per heavy atom. The van der Waals surface area contributed by atoms with Crippen molar-refractivity contribution in [2.24, 2.45) is 0 Å². The van der Waals surface area contributed by atoms with E-state index in [-0.39, 0.29) is 24.3 Å². The van der Waals surface area contributed by atoms with Crippen LogP contribution in [0.15, 0.2) is 78.4 Å². The zero-order valence-electron chi connectivity index (χ0n) is 19.5. The largest absolute Gasteiger partial charge is 0.507 e. The number of nitrogens with zero attached hydrogens (tertiary/aromatic N) is 1. The van der Waals surface area contributed by atoms with Crippen LogP contribution < -0.4 is 4.74 Å². The molecule has 1 unspecified atom stereocenters. The molecule has 35 heavy (non-hydrogen) atoms. The number of hydrogen-bond donors (Lipinski definition) is 1. The van der Waals surface area contributed by atoms with Crippen molar-refractivity contribution in [2.45, 2.75) is 19.6 Å². The van der Waals surface area contributed by atoms with Gasteiger partial charge in [-0.25, -0.2) is 4.39 Å². The van der Waals surface area contributed by atoms with Gasteiger partial charge in [-0.2, -0.15) is 0 Å². The number of hydrogen-bond acceptors (Lipinski definition) is 5. The molecule has 1 aliphatic rings. The molecule has 1 amide bonds. The minimum atomic E-state index is -0.849. The number of Topliss-reactive ketones (excluding diaryl/α,β-unsaturated/α-hetero) is 1. The van der Waals surface area contributed by atoms with E-state index in [0.717, 1.165) is 11.6 Å². The molecule has 0 spiro atoms. The summed E-state index contributed by atoms with van der Waals surface area (Å²) in [5, 5.41) is 11.0. The number of aryl methyl sites for hydroxylation is 1. The molecule has 1 saturated heterocycles. The van der Waals surface area contributed by atoms with Gasteiger partial charge in [0.05, 0.1) is 18.2 Å². The number of likely N-dealkylation sites (tertiary alicyclic amines) is 1. The van der Waals surface area contributed by atoms with Gasteiger partial charge in [0.1, 0.15) is 23.9 Å². The third kappa shape index (κ3) is 5.10. The van der Waals surface area contributed by atoms with Crippen molar-refractivity contribution >= 4 is 17.4 Å². The van der Waals surface area contributed by atoms with Crippen molar-refractivity contribution in [1.82, 2.24) is 4.90 Å². The SMILES string of the molecule is COCCN1C(=O)C(=O)C(=C(O)c2ccc(C)c(F)c2)C1c1ccc(OCc2ccccc2)cc1. The molecule has 1 N–H and O–H groups in total. The second-order valence-corrected chi connectivity index (χ2v) is 8.29. The first-order valence-electron chi connectivity index (χ1n) is 11.2. The average molecular weight is 476 g/mol. The average Bonchev–Trinajstić information content (AvgIpc) is 3.13. The van der Waals surface area contributed by atoms with Crippen molar-refractivity contribution in [3.8, 4) is 5.75 Å². The number of rotatable bonds is 8. The van der Waals surface area contributed by atoms with Gasteiger partial charge in [-0.3, -0.25) is 9.59 Å². The van der Waals surface area contributed by atoms with Gasteiger partial charge >= 0.3 is 0 Å². The summed E-state index contributed by atoms with van der Waals surface area (Å²) in [4.78, 5) is 27.2. The van der Waals surface area contributed by atoms with Gasteiger partial charge in [-0.15, -0.1) is 0 Å². The molecule has 4 rings (SSSR count). The zero-order chi connectivity index (χ0) is 24.9. The molecule has 180 valence electrons. The van der Waals surface area contributed by atoms with Crippen LogP contribution in [0, 0.1) is 12.7 Å². The molecular weight excluding hydrogens is 449 g/mol. The van der Waals surface area contributed by atoms with E-state index in [4.69, 9.17) is 9.47 Å². The lowest BCUT2D eigenvalue weighted by atomic mass is 9.95. The van der Waals surface area contributed by atoms with E-state index in [0.29, 0.717) is 23.5 Å². The molecule has 1 aliphatic heterocycles. The highest BCUT2D eigenvalue weighted by atomic mass is 19.1. The first kappa shape index (κ1) is 24.2. The maximum Gasteiger partial charge on any atom is 0.295 e. The van der Waals surface area contributed by atoms with Gasteiger partial charge in [-0.05, 0) is 41.8 Å². The molecule has 0 aromatic heterocycles. The summed E-state index contributed by atoms with van der Waals surface area (Å²) >= 11 is 0. The molecule has 0 bridgehead atoms. The second kappa shape index (κ2) is 10.5. The lowest BCUT2D eigenvalue weighted by Crippen LogP contribution is -2.32. The van der Waals surface area contributed by atoms with Crippen LogP contribution in [0.25, 0.3) is 5.76 Å². The minimum absolute atomic E-state index is 0.0905. The van der Waals surface area contributed by atoms with Crippen molar-refractivity contribution in [1.29, 1.82) is 0 Å².